The number of hydrogen-bond donors (Lipinski definition) is 0. The highest BCUT2D eigenvalue weighted by molar-refractivity contribution is 5.91. The first-order valence-corrected chi connectivity index (χ1v) is 8.24. The second kappa shape index (κ2) is 6.11. The van der Waals surface area contributed by atoms with Gasteiger partial charge in [0.15, 0.2) is 5.76 Å². The number of carbonyl (C=O) groups excluding carboxylic acids is 2. The lowest BCUT2D eigenvalue weighted by atomic mass is 9.84. The number of likely N-dealkylation sites (tertiary alicyclic amines) is 2. The van der Waals surface area contributed by atoms with Crippen LogP contribution in [0.1, 0.15) is 37.7 Å². The Bertz CT molecular complexity index is 623. The van der Waals surface area contributed by atoms with Crippen molar-refractivity contribution >= 4 is 12.0 Å². The summed E-state index contributed by atoms with van der Waals surface area (Å²) in [6, 6.07) is 1.74. The molecule has 2 atom stereocenters. The molecule has 0 saturated carbocycles. The first-order valence-electron chi connectivity index (χ1n) is 8.24. The molecule has 3 rings (SSSR count). The zero-order valence-corrected chi connectivity index (χ0v) is 14.3. The van der Waals surface area contributed by atoms with Crippen molar-refractivity contribution < 1.29 is 23.1 Å². The molecule has 2 aliphatic heterocycles. The van der Waals surface area contributed by atoms with E-state index in [0.29, 0.717) is 26.2 Å². The van der Waals surface area contributed by atoms with E-state index in [9.17, 15) is 14.0 Å². The topological polar surface area (TPSA) is 63.0 Å². The zero-order chi connectivity index (χ0) is 17.5. The molecule has 0 spiro atoms. The second-order valence-corrected chi connectivity index (χ2v) is 7.67. The van der Waals surface area contributed by atoms with Crippen LogP contribution in [0.25, 0.3) is 0 Å². The van der Waals surface area contributed by atoms with Gasteiger partial charge in [-0.25, -0.2) is 4.79 Å². The molecule has 1 aromatic heterocycles. The molecule has 0 aliphatic carbocycles. The van der Waals surface area contributed by atoms with Gasteiger partial charge >= 0.3 is 6.09 Å². The Balaban J connectivity index is 1.63. The fourth-order valence-corrected chi connectivity index (χ4v) is 3.51. The SMILES string of the molecule is CC(C)(C)OC(=O)N1C[C@H]2C[C@@H](C1)CN(C(=O)c1ccc(F)o1)C2. The third-order valence-corrected chi connectivity index (χ3v) is 4.30. The van der Waals surface area contributed by atoms with E-state index >= 15 is 0 Å². The van der Waals surface area contributed by atoms with E-state index in [2.05, 4.69) is 0 Å². The first kappa shape index (κ1) is 16.8. The summed E-state index contributed by atoms with van der Waals surface area (Å²) >= 11 is 0. The summed E-state index contributed by atoms with van der Waals surface area (Å²) in [4.78, 5) is 28.1. The lowest BCUT2D eigenvalue weighted by Crippen LogP contribution is -2.55. The number of carbonyl (C=O) groups is 2. The van der Waals surface area contributed by atoms with Crippen molar-refractivity contribution in [3.8, 4) is 0 Å². The third-order valence-electron chi connectivity index (χ3n) is 4.30. The maximum atomic E-state index is 13.0. The van der Waals surface area contributed by atoms with Gasteiger partial charge in [0, 0.05) is 32.2 Å². The van der Waals surface area contributed by atoms with E-state index in [1.165, 1.54) is 6.07 Å². The van der Waals surface area contributed by atoms with Gasteiger partial charge in [-0.2, -0.15) is 4.39 Å². The molecule has 1 aromatic rings. The maximum absolute atomic E-state index is 13.0. The number of furan rings is 1. The summed E-state index contributed by atoms with van der Waals surface area (Å²) in [6.45, 7) is 7.76. The molecule has 0 unspecified atom stereocenters. The first-order chi connectivity index (χ1) is 11.2. The number of piperidine rings is 2. The van der Waals surface area contributed by atoms with E-state index in [4.69, 9.17) is 9.15 Å². The van der Waals surface area contributed by atoms with Crippen LogP contribution in [0.3, 0.4) is 0 Å². The Hall–Kier alpha value is -2.05. The van der Waals surface area contributed by atoms with E-state index in [1.807, 2.05) is 20.8 Å². The van der Waals surface area contributed by atoms with Crippen molar-refractivity contribution in [2.45, 2.75) is 32.8 Å². The monoisotopic (exact) mass is 338 g/mol. The fourth-order valence-electron chi connectivity index (χ4n) is 3.51. The Morgan fingerprint density at radius 3 is 2.21 bits per heavy atom. The molecule has 2 fully saturated rings. The van der Waals surface area contributed by atoms with Crippen LogP contribution < -0.4 is 0 Å². The van der Waals surface area contributed by atoms with Gasteiger partial charge in [0.1, 0.15) is 5.60 Å². The molecule has 24 heavy (non-hydrogen) atoms. The van der Waals surface area contributed by atoms with Crippen molar-refractivity contribution in [2.75, 3.05) is 26.2 Å². The molecule has 0 radical (unpaired) electrons. The van der Waals surface area contributed by atoms with Crippen LogP contribution in [0.4, 0.5) is 9.18 Å². The lowest BCUT2D eigenvalue weighted by molar-refractivity contribution is -0.00774. The van der Waals surface area contributed by atoms with Gasteiger partial charge in [0.05, 0.1) is 0 Å². The fraction of sp³-hybridized carbons (Fsp3) is 0.647. The van der Waals surface area contributed by atoms with Crippen LogP contribution in [0, 0.1) is 17.8 Å². The van der Waals surface area contributed by atoms with Gasteiger partial charge < -0.3 is 19.0 Å². The van der Waals surface area contributed by atoms with Crippen molar-refractivity contribution in [3.63, 3.8) is 0 Å². The molecule has 6 nitrogen and oxygen atoms in total. The molecular weight excluding hydrogens is 315 g/mol. The Kier molecular flexibility index (Phi) is 4.27. The average Bonchev–Trinajstić information content (AvgIpc) is 2.90. The standard InChI is InChI=1S/C17H23FN2O4/c1-17(2,3)24-16(22)20-9-11-6-12(10-20)8-19(7-11)15(21)13-4-5-14(18)23-13/h4-5,11-12H,6-10H2,1-3H3/t11-,12+. The molecule has 2 bridgehead atoms. The van der Waals surface area contributed by atoms with Crippen LogP contribution in [0.15, 0.2) is 16.5 Å². The van der Waals surface area contributed by atoms with Crippen molar-refractivity contribution in [1.29, 1.82) is 0 Å². The smallest absolute Gasteiger partial charge is 0.410 e. The molecule has 2 amide bonds. The van der Waals surface area contributed by atoms with Gasteiger partial charge in [-0.15, -0.1) is 0 Å². The molecule has 132 valence electrons. The summed E-state index contributed by atoms with van der Waals surface area (Å²) in [5.74, 6) is 0.137. The molecule has 2 saturated heterocycles. The van der Waals surface area contributed by atoms with Gasteiger partial charge in [-0.1, -0.05) is 0 Å². The van der Waals surface area contributed by atoms with Crippen LogP contribution in [-0.4, -0.2) is 53.6 Å². The number of rotatable bonds is 1. The van der Waals surface area contributed by atoms with E-state index < -0.39 is 11.6 Å². The summed E-state index contributed by atoms with van der Waals surface area (Å²) in [6.07, 6.45) is 0.681. The Morgan fingerprint density at radius 2 is 1.71 bits per heavy atom. The average molecular weight is 338 g/mol. The third kappa shape index (κ3) is 3.71. The molecule has 0 N–H and O–H groups in total. The number of fused-ring (bicyclic) bond motifs is 2. The maximum Gasteiger partial charge on any atom is 0.410 e. The van der Waals surface area contributed by atoms with Crippen LogP contribution >= 0.6 is 0 Å². The molecular formula is C17H23FN2O4. The summed E-state index contributed by atoms with van der Waals surface area (Å²) in [7, 11) is 0. The highest BCUT2D eigenvalue weighted by Gasteiger charge is 2.39. The Morgan fingerprint density at radius 1 is 1.12 bits per heavy atom. The normalized spacial score (nSPS) is 24.0. The van der Waals surface area contributed by atoms with Crippen LogP contribution in [0.2, 0.25) is 0 Å². The van der Waals surface area contributed by atoms with Crippen molar-refractivity contribution in [3.05, 3.63) is 23.9 Å². The minimum Gasteiger partial charge on any atom is -0.444 e. The van der Waals surface area contributed by atoms with Gasteiger partial charge in [-0.3, -0.25) is 4.79 Å². The summed E-state index contributed by atoms with van der Waals surface area (Å²) in [5, 5.41) is 0. The van der Waals surface area contributed by atoms with E-state index in [0.717, 1.165) is 12.5 Å². The van der Waals surface area contributed by atoms with Crippen LogP contribution in [0.5, 0.6) is 0 Å². The number of amides is 2. The Labute approximate surface area is 140 Å². The predicted octanol–water partition coefficient (Wildman–Crippen LogP) is 2.75. The van der Waals surface area contributed by atoms with Crippen LogP contribution in [-0.2, 0) is 4.74 Å². The zero-order valence-electron chi connectivity index (χ0n) is 14.3. The minimum atomic E-state index is -0.758. The molecule has 2 aliphatic rings. The van der Waals surface area contributed by atoms with Gasteiger partial charge in [0.2, 0.25) is 0 Å². The predicted molar refractivity (Wildman–Crippen MR) is 84.0 cm³/mol. The second-order valence-electron chi connectivity index (χ2n) is 7.67. The number of nitrogens with zero attached hydrogens (tertiary/aromatic N) is 2. The van der Waals surface area contributed by atoms with E-state index in [-0.39, 0.29) is 29.6 Å². The quantitative estimate of drug-likeness (QED) is 0.790. The highest BCUT2D eigenvalue weighted by Crippen LogP contribution is 2.30. The summed E-state index contributed by atoms with van der Waals surface area (Å²) in [5.41, 5.74) is -0.519. The summed E-state index contributed by atoms with van der Waals surface area (Å²) < 4.78 is 23.2. The number of hydrogen-bond acceptors (Lipinski definition) is 4. The van der Waals surface area contributed by atoms with Crippen molar-refractivity contribution in [1.82, 2.24) is 9.80 Å². The van der Waals surface area contributed by atoms with Crippen molar-refractivity contribution in [2.24, 2.45) is 11.8 Å². The molecule has 3 heterocycles. The minimum absolute atomic E-state index is 0.0245. The molecule has 0 aromatic carbocycles. The highest BCUT2D eigenvalue weighted by atomic mass is 19.1. The van der Waals surface area contributed by atoms with Gasteiger partial charge in [-0.05, 0) is 45.1 Å². The number of halogens is 1. The number of ether oxygens (including phenoxy) is 1. The van der Waals surface area contributed by atoms with E-state index in [1.54, 1.807) is 9.80 Å². The largest absolute Gasteiger partial charge is 0.444 e. The van der Waals surface area contributed by atoms with Gasteiger partial charge in [0.25, 0.3) is 11.9 Å². The molecule has 7 heteroatoms. The lowest BCUT2D eigenvalue weighted by Gasteiger charge is -2.45.